The van der Waals surface area contributed by atoms with Gasteiger partial charge in [-0.2, -0.15) is 0 Å². The van der Waals surface area contributed by atoms with Gasteiger partial charge in [0.25, 0.3) is 0 Å². The lowest BCUT2D eigenvalue weighted by Gasteiger charge is -2.39. The van der Waals surface area contributed by atoms with Crippen molar-refractivity contribution in [2.75, 3.05) is 40.5 Å². The summed E-state index contributed by atoms with van der Waals surface area (Å²) in [7, 11) is 3.44. The first-order valence-electron chi connectivity index (χ1n) is 11.3. The molecule has 2 aliphatic heterocycles. The lowest BCUT2D eigenvalue weighted by atomic mass is 9.91. The first-order valence-corrected chi connectivity index (χ1v) is 11.3. The fourth-order valence-corrected chi connectivity index (χ4v) is 4.47. The quantitative estimate of drug-likeness (QED) is 0.702. The molecule has 31 heavy (non-hydrogen) atoms. The summed E-state index contributed by atoms with van der Waals surface area (Å²) in [5.74, 6) is 0.815. The summed E-state index contributed by atoms with van der Waals surface area (Å²) in [4.78, 5) is 14.8. The third kappa shape index (κ3) is 6.11. The summed E-state index contributed by atoms with van der Waals surface area (Å²) >= 11 is 0. The molecule has 0 spiro atoms. The zero-order chi connectivity index (χ0) is 22.5. The highest BCUT2D eigenvalue weighted by Gasteiger charge is 2.40. The normalized spacial score (nSPS) is 22.2. The Morgan fingerprint density at radius 1 is 1.23 bits per heavy atom. The Hall–Kier alpha value is -1.83. The molecule has 0 aliphatic carbocycles. The van der Waals surface area contributed by atoms with Crippen LogP contribution in [0, 0.1) is 0 Å². The molecule has 0 bridgehead atoms. The SMILES string of the molecule is COc1ccc([C@@H](NCC2(OC)CCOCC2)[C@H]2CCCN2C(=O)OC(C)(C)C)cc1. The summed E-state index contributed by atoms with van der Waals surface area (Å²) in [6.07, 6.45) is 3.34. The molecule has 2 saturated heterocycles. The number of benzene rings is 1. The summed E-state index contributed by atoms with van der Waals surface area (Å²) < 4.78 is 22.5. The summed E-state index contributed by atoms with van der Waals surface area (Å²) in [5, 5.41) is 3.75. The number of hydrogen-bond donors (Lipinski definition) is 1. The van der Waals surface area contributed by atoms with E-state index in [0.717, 1.165) is 37.0 Å². The van der Waals surface area contributed by atoms with Crippen molar-refractivity contribution in [1.29, 1.82) is 0 Å². The van der Waals surface area contributed by atoms with Crippen LogP contribution in [-0.4, -0.2) is 68.8 Å². The van der Waals surface area contributed by atoms with Crippen molar-refractivity contribution in [3.05, 3.63) is 29.8 Å². The monoisotopic (exact) mass is 434 g/mol. The second-order valence-electron chi connectivity index (χ2n) is 9.51. The number of nitrogens with zero attached hydrogens (tertiary/aromatic N) is 1. The van der Waals surface area contributed by atoms with Gasteiger partial charge in [-0.15, -0.1) is 0 Å². The minimum Gasteiger partial charge on any atom is -0.497 e. The maximum absolute atomic E-state index is 12.9. The van der Waals surface area contributed by atoms with E-state index in [2.05, 4.69) is 17.4 Å². The van der Waals surface area contributed by atoms with E-state index in [9.17, 15) is 4.79 Å². The van der Waals surface area contributed by atoms with Crippen molar-refractivity contribution >= 4 is 6.09 Å². The fraction of sp³-hybridized carbons (Fsp3) is 0.708. The third-order valence-electron chi connectivity index (χ3n) is 6.27. The van der Waals surface area contributed by atoms with Crippen LogP contribution < -0.4 is 10.1 Å². The molecule has 0 radical (unpaired) electrons. The summed E-state index contributed by atoms with van der Waals surface area (Å²) in [6, 6.07) is 8.07. The Morgan fingerprint density at radius 2 is 1.90 bits per heavy atom. The van der Waals surface area contributed by atoms with E-state index in [0.29, 0.717) is 26.3 Å². The van der Waals surface area contributed by atoms with Crippen molar-refractivity contribution in [3.63, 3.8) is 0 Å². The predicted molar refractivity (Wildman–Crippen MR) is 119 cm³/mol. The van der Waals surface area contributed by atoms with Crippen LogP contribution in [0.4, 0.5) is 4.79 Å². The molecule has 174 valence electrons. The molecular weight excluding hydrogens is 396 g/mol. The predicted octanol–water partition coefficient (Wildman–Crippen LogP) is 3.92. The molecule has 3 rings (SSSR count). The first-order chi connectivity index (χ1) is 14.8. The van der Waals surface area contributed by atoms with Crippen LogP contribution in [0.5, 0.6) is 5.75 Å². The van der Waals surface area contributed by atoms with Crippen molar-refractivity contribution in [2.45, 2.75) is 69.7 Å². The van der Waals surface area contributed by atoms with Gasteiger partial charge in [-0.1, -0.05) is 12.1 Å². The van der Waals surface area contributed by atoms with Crippen LogP contribution in [0.3, 0.4) is 0 Å². The molecule has 2 aliphatic rings. The topological polar surface area (TPSA) is 69.3 Å². The number of methoxy groups -OCH3 is 2. The Morgan fingerprint density at radius 3 is 2.48 bits per heavy atom. The first kappa shape index (κ1) is 23.8. The summed E-state index contributed by atoms with van der Waals surface area (Å²) in [6.45, 7) is 8.53. The lowest BCUT2D eigenvalue weighted by Crippen LogP contribution is -2.51. The molecule has 1 aromatic rings. The molecule has 0 unspecified atom stereocenters. The van der Waals surface area contributed by atoms with Gasteiger partial charge in [0.15, 0.2) is 0 Å². The Labute approximate surface area is 186 Å². The van der Waals surface area contributed by atoms with Gasteiger partial charge in [0, 0.05) is 46.3 Å². The number of ether oxygens (including phenoxy) is 4. The number of carbonyl (C=O) groups excluding carboxylic acids is 1. The van der Waals surface area contributed by atoms with Gasteiger partial charge in [-0.25, -0.2) is 4.79 Å². The second-order valence-corrected chi connectivity index (χ2v) is 9.51. The van der Waals surface area contributed by atoms with Gasteiger partial charge in [0.1, 0.15) is 11.4 Å². The van der Waals surface area contributed by atoms with E-state index in [1.165, 1.54) is 0 Å². The number of hydrogen-bond acceptors (Lipinski definition) is 6. The molecule has 2 heterocycles. The number of likely N-dealkylation sites (tertiary alicyclic amines) is 1. The van der Waals surface area contributed by atoms with Crippen LogP contribution in [0.1, 0.15) is 58.1 Å². The Balaban J connectivity index is 1.83. The summed E-state index contributed by atoms with van der Waals surface area (Å²) in [5.41, 5.74) is 0.355. The van der Waals surface area contributed by atoms with Crippen molar-refractivity contribution < 1.29 is 23.7 Å². The average Bonchev–Trinajstić information content (AvgIpc) is 3.24. The minimum absolute atomic E-state index is 0.0111. The average molecular weight is 435 g/mol. The van der Waals surface area contributed by atoms with Gasteiger partial charge in [-0.3, -0.25) is 0 Å². The Bertz CT molecular complexity index is 710. The molecule has 1 aromatic carbocycles. The standard InChI is InChI=1S/C24H38N2O5/c1-23(2,3)31-22(27)26-14-6-7-20(26)21(18-8-10-19(28-4)11-9-18)25-17-24(29-5)12-15-30-16-13-24/h8-11,20-21,25H,6-7,12-17H2,1-5H3/t20-,21-/m1/s1. The molecule has 1 N–H and O–H groups in total. The van der Waals surface area contributed by atoms with Crippen molar-refractivity contribution in [1.82, 2.24) is 10.2 Å². The maximum Gasteiger partial charge on any atom is 0.410 e. The second kappa shape index (κ2) is 10.2. The number of amides is 1. The molecule has 1 amide bonds. The van der Waals surface area contributed by atoms with E-state index >= 15 is 0 Å². The number of rotatable bonds is 7. The van der Waals surface area contributed by atoms with Gasteiger partial charge in [0.2, 0.25) is 0 Å². The highest BCUT2D eigenvalue weighted by Crippen LogP contribution is 2.33. The van der Waals surface area contributed by atoms with E-state index in [-0.39, 0.29) is 23.8 Å². The molecular formula is C24H38N2O5. The van der Waals surface area contributed by atoms with Crippen molar-refractivity contribution in [2.24, 2.45) is 0 Å². The van der Waals surface area contributed by atoms with Crippen LogP contribution >= 0.6 is 0 Å². The van der Waals surface area contributed by atoms with Gasteiger partial charge in [-0.05, 0) is 51.3 Å². The zero-order valence-corrected chi connectivity index (χ0v) is 19.6. The molecule has 2 fully saturated rings. The smallest absolute Gasteiger partial charge is 0.410 e. The highest BCUT2D eigenvalue weighted by atomic mass is 16.6. The Kier molecular flexibility index (Phi) is 7.83. The molecule has 0 aromatic heterocycles. The van der Waals surface area contributed by atoms with Gasteiger partial charge in [0.05, 0.1) is 24.8 Å². The molecule has 7 heteroatoms. The lowest BCUT2D eigenvalue weighted by molar-refractivity contribution is -0.0894. The minimum atomic E-state index is -0.518. The van der Waals surface area contributed by atoms with Gasteiger partial charge >= 0.3 is 6.09 Å². The van der Waals surface area contributed by atoms with E-state index in [1.54, 1.807) is 14.2 Å². The van der Waals surface area contributed by atoms with E-state index < -0.39 is 5.60 Å². The van der Waals surface area contributed by atoms with Gasteiger partial charge < -0.3 is 29.2 Å². The van der Waals surface area contributed by atoms with E-state index in [1.807, 2.05) is 37.8 Å². The number of nitrogens with one attached hydrogen (secondary N) is 1. The highest BCUT2D eigenvalue weighted by molar-refractivity contribution is 5.69. The van der Waals surface area contributed by atoms with Crippen LogP contribution in [0.2, 0.25) is 0 Å². The maximum atomic E-state index is 12.9. The largest absolute Gasteiger partial charge is 0.497 e. The molecule has 0 saturated carbocycles. The molecule has 2 atom stereocenters. The van der Waals surface area contributed by atoms with Crippen LogP contribution in [-0.2, 0) is 14.2 Å². The van der Waals surface area contributed by atoms with Crippen molar-refractivity contribution in [3.8, 4) is 5.75 Å². The van der Waals surface area contributed by atoms with Crippen LogP contribution in [0.15, 0.2) is 24.3 Å². The van der Waals surface area contributed by atoms with E-state index in [4.69, 9.17) is 18.9 Å². The fourth-order valence-electron chi connectivity index (χ4n) is 4.47. The molecule has 7 nitrogen and oxygen atoms in total. The third-order valence-corrected chi connectivity index (χ3v) is 6.27. The van der Waals surface area contributed by atoms with Crippen LogP contribution in [0.25, 0.3) is 0 Å². The number of carbonyl (C=O) groups is 1. The zero-order valence-electron chi connectivity index (χ0n) is 19.6.